The summed E-state index contributed by atoms with van der Waals surface area (Å²) in [6, 6.07) is 16.6. The van der Waals surface area contributed by atoms with E-state index >= 15 is 0 Å². The molecule has 22 heavy (non-hydrogen) atoms. The summed E-state index contributed by atoms with van der Waals surface area (Å²) in [5.74, 6) is 0.302. The van der Waals surface area contributed by atoms with Crippen LogP contribution in [-0.4, -0.2) is 16.8 Å². The van der Waals surface area contributed by atoms with Crippen LogP contribution in [0.3, 0.4) is 0 Å². The maximum absolute atomic E-state index is 10.8. The SMILES string of the molecule is CC[C@@H](CC(=O)O)C(=N)c1ccc(Oc2ccccc2)cc1. The summed E-state index contributed by atoms with van der Waals surface area (Å²) in [4.78, 5) is 10.8. The van der Waals surface area contributed by atoms with Crippen molar-refractivity contribution >= 4 is 11.7 Å². The van der Waals surface area contributed by atoms with Crippen molar-refractivity contribution in [2.45, 2.75) is 19.8 Å². The number of carboxylic acid groups (broad SMARTS) is 1. The second-order valence-corrected chi connectivity index (χ2v) is 5.06. The zero-order valence-electron chi connectivity index (χ0n) is 12.5. The summed E-state index contributed by atoms with van der Waals surface area (Å²) in [7, 11) is 0. The van der Waals surface area contributed by atoms with Gasteiger partial charge in [0.1, 0.15) is 11.5 Å². The lowest BCUT2D eigenvalue weighted by Crippen LogP contribution is -2.17. The van der Waals surface area contributed by atoms with E-state index in [1.165, 1.54) is 0 Å². The van der Waals surface area contributed by atoms with E-state index < -0.39 is 5.97 Å². The Bertz CT molecular complexity index is 635. The number of aliphatic carboxylic acids is 1. The fourth-order valence-corrected chi connectivity index (χ4v) is 2.22. The molecule has 0 aliphatic heterocycles. The molecular weight excluding hydrogens is 278 g/mol. The molecule has 0 aromatic heterocycles. The van der Waals surface area contributed by atoms with Crippen LogP contribution in [0, 0.1) is 11.3 Å². The highest BCUT2D eigenvalue weighted by atomic mass is 16.5. The van der Waals surface area contributed by atoms with Crippen molar-refractivity contribution in [2.75, 3.05) is 0 Å². The summed E-state index contributed by atoms with van der Waals surface area (Å²) in [6.07, 6.45) is 0.616. The van der Waals surface area contributed by atoms with E-state index in [0.29, 0.717) is 17.9 Å². The van der Waals surface area contributed by atoms with Crippen molar-refractivity contribution in [3.63, 3.8) is 0 Å². The highest BCUT2D eigenvalue weighted by Crippen LogP contribution is 2.23. The zero-order chi connectivity index (χ0) is 15.9. The van der Waals surface area contributed by atoms with Crippen LogP contribution < -0.4 is 4.74 Å². The molecule has 0 heterocycles. The first-order chi connectivity index (χ1) is 10.6. The molecule has 0 bridgehead atoms. The third kappa shape index (κ3) is 4.19. The van der Waals surface area contributed by atoms with Gasteiger partial charge in [0.15, 0.2) is 0 Å². The Hall–Kier alpha value is -2.62. The summed E-state index contributed by atoms with van der Waals surface area (Å²) in [5, 5.41) is 17.1. The van der Waals surface area contributed by atoms with Gasteiger partial charge in [0.2, 0.25) is 0 Å². The predicted octanol–water partition coefficient (Wildman–Crippen LogP) is 4.35. The van der Waals surface area contributed by atoms with E-state index in [1.54, 1.807) is 24.3 Å². The van der Waals surface area contributed by atoms with Crippen LogP contribution in [0.25, 0.3) is 0 Å². The summed E-state index contributed by atoms with van der Waals surface area (Å²) >= 11 is 0. The quantitative estimate of drug-likeness (QED) is 0.746. The molecule has 2 N–H and O–H groups in total. The van der Waals surface area contributed by atoms with Crippen molar-refractivity contribution in [3.05, 3.63) is 60.2 Å². The minimum absolute atomic E-state index is 0.0163. The van der Waals surface area contributed by atoms with Gasteiger partial charge < -0.3 is 15.3 Å². The van der Waals surface area contributed by atoms with E-state index in [4.69, 9.17) is 15.3 Å². The van der Waals surface area contributed by atoms with E-state index in [9.17, 15) is 4.79 Å². The standard InChI is InChI=1S/C18H19NO3/c1-2-13(12-17(20)21)18(19)14-8-10-16(11-9-14)22-15-6-4-3-5-7-15/h3-11,13,19H,2,12H2,1H3,(H,20,21)/t13-/m0/s1. The molecule has 2 rings (SSSR count). The van der Waals surface area contributed by atoms with Gasteiger partial charge in [0, 0.05) is 11.6 Å². The largest absolute Gasteiger partial charge is 0.481 e. The van der Waals surface area contributed by atoms with Gasteiger partial charge >= 0.3 is 5.97 Å². The Morgan fingerprint density at radius 3 is 2.23 bits per heavy atom. The first kappa shape index (κ1) is 15.8. The van der Waals surface area contributed by atoms with Crippen LogP contribution in [0.1, 0.15) is 25.3 Å². The van der Waals surface area contributed by atoms with Gasteiger partial charge in [-0.3, -0.25) is 4.79 Å². The van der Waals surface area contributed by atoms with Crippen molar-refractivity contribution in [1.29, 1.82) is 5.41 Å². The Balaban J connectivity index is 2.07. The molecule has 0 saturated heterocycles. The molecular formula is C18H19NO3. The molecule has 0 saturated carbocycles. The molecule has 2 aromatic carbocycles. The molecule has 1 atom stereocenters. The second-order valence-electron chi connectivity index (χ2n) is 5.06. The summed E-state index contributed by atoms with van der Waals surface area (Å²) in [6.45, 7) is 1.90. The molecule has 114 valence electrons. The fraction of sp³-hybridized carbons (Fsp3) is 0.222. The van der Waals surface area contributed by atoms with Crippen molar-refractivity contribution in [2.24, 2.45) is 5.92 Å². The summed E-state index contributed by atoms with van der Waals surface area (Å²) < 4.78 is 5.70. The molecule has 2 aromatic rings. The number of nitrogens with one attached hydrogen (secondary N) is 1. The monoisotopic (exact) mass is 297 g/mol. The van der Waals surface area contributed by atoms with E-state index in [1.807, 2.05) is 37.3 Å². The lowest BCUT2D eigenvalue weighted by atomic mass is 9.91. The normalized spacial score (nSPS) is 11.7. The third-order valence-electron chi connectivity index (χ3n) is 3.47. The van der Waals surface area contributed by atoms with Gasteiger partial charge in [-0.05, 0) is 48.4 Å². The van der Waals surface area contributed by atoms with Crippen LogP contribution in [0.2, 0.25) is 0 Å². The Labute approximate surface area is 129 Å². The molecule has 0 aliphatic carbocycles. The number of rotatable bonds is 7. The first-order valence-electron chi connectivity index (χ1n) is 7.23. The molecule has 0 radical (unpaired) electrons. The first-order valence-corrected chi connectivity index (χ1v) is 7.23. The average molecular weight is 297 g/mol. The van der Waals surface area contributed by atoms with Crippen LogP contribution in [0.4, 0.5) is 0 Å². The lowest BCUT2D eigenvalue weighted by Gasteiger charge is -2.14. The minimum Gasteiger partial charge on any atom is -0.481 e. The fourth-order valence-electron chi connectivity index (χ4n) is 2.22. The Kier molecular flexibility index (Phi) is 5.31. The Morgan fingerprint density at radius 2 is 1.68 bits per heavy atom. The van der Waals surface area contributed by atoms with Gasteiger partial charge in [-0.2, -0.15) is 0 Å². The highest BCUT2D eigenvalue weighted by molar-refractivity contribution is 6.01. The highest BCUT2D eigenvalue weighted by Gasteiger charge is 2.17. The predicted molar refractivity (Wildman–Crippen MR) is 85.8 cm³/mol. The number of hydrogen-bond donors (Lipinski definition) is 2. The van der Waals surface area contributed by atoms with E-state index in [-0.39, 0.29) is 12.3 Å². The average Bonchev–Trinajstić information content (AvgIpc) is 2.53. The molecule has 0 aliphatic rings. The zero-order valence-corrected chi connectivity index (χ0v) is 12.5. The molecule has 0 amide bonds. The van der Waals surface area contributed by atoms with Crippen LogP contribution in [0.5, 0.6) is 11.5 Å². The number of hydrogen-bond acceptors (Lipinski definition) is 3. The van der Waals surface area contributed by atoms with E-state index in [2.05, 4.69) is 0 Å². The number of carbonyl (C=O) groups is 1. The summed E-state index contributed by atoms with van der Waals surface area (Å²) in [5.41, 5.74) is 1.09. The van der Waals surface area contributed by atoms with Gasteiger partial charge in [-0.15, -0.1) is 0 Å². The number of ether oxygens (including phenoxy) is 1. The molecule has 0 unspecified atom stereocenters. The van der Waals surface area contributed by atoms with Crippen LogP contribution in [0.15, 0.2) is 54.6 Å². The van der Waals surface area contributed by atoms with E-state index in [0.717, 1.165) is 11.3 Å². The van der Waals surface area contributed by atoms with Crippen LogP contribution in [-0.2, 0) is 4.79 Å². The molecule has 4 nitrogen and oxygen atoms in total. The number of benzene rings is 2. The van der Waals surface area contributed by atoms with Gasteiger partial charge in [-0.25, -0.2) is 0 Å². The maximum atomic E-state index is 10.8. The molecule has 0 spiro atoms. The topological polar surface area (TPSA) is 70.4 Å². The third-order valence-corrected chi connectivity index (χ3v) is 3.47. The van der Waals surface area contributed by atoms with Gasteiger partial charge in [0.25, 0.3) is 0 Å². The van der Waals surface area contributed by atoms with Gasteiger partial charge in [0.05, 0.1) is 6.42 Å². The van der Waals surface area contributed by atoms with Crippen molar-refractivity contribution < 1.29 is 14.6 Å². The number of carboxylic acids is 1. The lowest BCUT2D eigenvalue weighted by molar-refractivity contribution is -0.137. The van der Waals surface area contributed by atoms with Gasteiger partial charge in [-0.1, -0.05) is 25.1 Å². The maximum Gasteiger partial charge on any atom is 0.304 e. The molecule has 4 heteroatoms. The van der Waals surface area contributed by atoms with Crippen molar-refractivity contribution in [3.8, 4) is 11.5 Å². The second kappa shape index (κ2) is 7.41. The Morgan fingerprint density at radius 1 is 1.09 bits per heavy atom. The molecule has 0 fully saturated rings. The smallest absolute Gasteiger partial charge is 0.304 e. The number of para-hydroxylation sites is 1. The van der Waals surface area contributed by atoms with Crippen LogP contribution >= 0.6 is 0 Å². The minimum atomic E-state index is -0.874. The van der Waals surface area contributed by atoms with Crippen molar-refractivity contribution in [1.82, 2.24) is 0 Å².